The zero-order chi connectivity index (χ0) is 27.7. The van der Waals surface area contributed by atoms with Gasteiger partial charge in [-0.1, -0.05) is 30.3 Å². The van der Waals surface area contributed by atoms with Crippen molar-refractivity contribution in [3.05, 3.63) is 64.7 Å². The standard InChI is InChI=1S/C27H32N4O7S/c1-18(29-12-14-30(15-13-29)39(2,35)36)20-8-6-19(7-9-20)17-37-23-5-3-4-21-22(23)16-31(27(21)34)38-24-10-11-25(32)28-26(24)33/h3-9,18,24H,10-17H2,1-2H3,(H,28,32,33)/t18-,24?/m1/s1. The van der Waals surface area contributed by atoms with Crippen LogP contribution in [0.1, 0.15) is 52.9 Å². The molecular weight excluding hydrogens is 524 g/mol. The van der Waals surface area contributed by atoms with E-state index in [9.17, 15) is 22.8 Å². The molecule has 2 aromatic rings. The third-order valence-electron chi connectivity index (χ3n) is 7.48. The van der Waals surface area contributed by atoms with E-state index in [0.29, 0.717) is 49.7 Å². The highest BCUT2D eigenvalue weighted by atomic mass is 32.2. The molecule has 0 spiro atoms. The maximum atomic E-state index is 12.9. The second-order valence-corrected chi connectivity index (χ2v) is 12.1. The van der Waals surface area contributed by atoms with Gasteiger partial charge in [-0.3, -0.25) is 29.4 Å². The van der Waals surface area contributed by atoms with Crippen molar-refractivity contribution in [3.63, 3.8) is 0 Å². The van der Waals surface area contributed by atoms with Crippen LogP contribution in [-0.4, -0.2) is 78.9 Å². The highest BCUT2D eigenvalue weighted by Gasteiger charge is 2.36. The number of fused-ring (bicyclic) bond motifs is 1. The van der Waals surface area contributed by atoms with Gasteiger partial charge in [-0.25, -0.2) is 13.5 Å². The minimum Gasteiger partial charge on any atom is -0.489 e. The summed E-state index contributed by atoms with van der Waals surface area (Å²) in [7, 11) is -3.16. The Hall–Kier alpha value is -3.32. The fourth-order valence-electron chi connectivity index (χ4n) is 5.11. The molecule has 3 aliphatic heterocycles. The second kappa shape index (κ2) is 11.0. The number of hydrogen-bond donors (Lipinski definition) is 1. The number of nitrogens with zero attached hydrogens (tertiary/aromatic N) is 3. The first-order valence-corrected chi connectivity index (χ1v) is 14.8. The molecule has 1 N–H and O–H groups in total. The maximum Gasteiger partial charge on any atom is 0.278 e. The third kappa shape index (κ3) is 5.98. The summed E-state index contributed by atoms with van der Waals surface area (Å²) in [6, 6.07) is 13.5. The molecule has 5 rings (SSSR count). The number of ether oxygens (including phenoxy) is 1. The Morgan fingerprint density at radius 2 is 1.74 bits per heavy atom. The van der Waals surface area contributed by atoms with Crippen LogP contribution in [-0.2, 0) is 37.6 Å². The van der Waals surface area contributed by atoms with Gasteiger partial charge in [-0.05, 0) is 36.6 Å². The summed E-state index contributed by atoms with van der Waals surface area (Å²) in [4.78, 5) is 44.3. The van der Waals surface area contributed by atoms with Crippen molar-refractivity contribution in [3.8, 4) is 5.75 Å². The van der Waals surface area contributed by atoms with Gasteiger partial charge in [0.1, 0.15) is 12.4 Å². The average Bonchev–Trinajstić information content (AvgIpc) is 3.24. The van der Waals surface area contributed by atoms with E-state index < -0.39 is 22.0 Å². The highest BCUT2D eigenvalue weighted by molar-refractivity contribution is 7.88. The number of imide groups is 1. The minimum absolute atomic E-state index is 0.144. The zero-order valence-electron chi connectivity index (χ0n) is 22.0. The zero-order valence-corrected chi connectivity index (χ0v) is 22.8. The predicted molar refractivity (Wildman–Crippen MR) is 141 cm³/mol. The Morgan fingerprint density at radius 3 is 2.41 bits per heavy atom. The van der Waals surface area contributed by atoms with E-state index >= 15 is 0 Å². The molecule has 1 unspecified atom stereocenters. The molecule has 3 heterocycles. The number of nitrogens with one attached hydrogen (secondary N) is 1. The van der Waals surface area contributed by atoms with Gasteiger partial charge in [0.05, 0.1) is 18.4 Å². The summed E-state index contributed by atoms with van der Waals surface area (Å²) in [5.74, 6) is -0.672. The molecule has 2 aromatic carbocycles. The first-order valence-electron chi connectivity index (χ1n) is 12.9. The maximum absolute atomic E-state index is 12.9. The molecule has 2 saturated heterocycles. The number of hydrogen-bond acceptors (Lipinski definition) is 8. The summed E-state index contributed by atoms with van der Waals surface area (Å²) in [5, 5.41) is 3.39. The molecule has 0 aliphatic carbocycles. The van der Waals surface area contributed by atoms with Crippen LogP contribution >= 0.6 is 0 Å². The van der Waals surface area contributed by atoms with Crippen LogP contribution in [0.5, 0.6) is 5.75 Å². The van der Waals surface area contributed by atoms with Gasteiger partial charge in [0.15, 0.2) is 6.10 Å². The molecule has 2 atom stereocenters. The number of amides is 3. The van der Waals surface area contributed by atoms with Gasteiger partial charge in [0.25, 0.3) is 11.8 Å². The van der Waals surface area contributed by atoms with Crippen molar-refractivity contribution < 1.29 is 32.4 Å². The average molecular weight is 557 g/mol. The third-order valence-corrected chi connectivity index (χ3v) is 8.78. The van der Waals surface area contributed by atoms with Crippen molar-refractivity contribution in [2.75, 3.05) is 32.4 Å². The molecule has 208 valence electrons. The van der Waals surface area contributed by atoms with E-state index in [1.54, 1.807) is 18.2 Å². The van der Waals surface area contributed by atoms with Gasteiger partial charge in [-0.15, -0.1) is 0 Å². The van der Waals surface area contributed by atoms with Crippen LogP contribution in [0.25, 0.3) is 0 Å². The summed E-state index contributed by atoms with van der Waals surface area (Å²) in [6.07, 6.45) is 0.742. The molecule has 39 heavy (non-hydrogen) atoms. The number of benzene rings is 2. The summed E-state index contributed by atoms with van der Waals surface area (Å²) >= 11 is 0. The highest BCUT2D eigenvalue weighted by Crippen LogP contribution is 2.33. The Labute approximate surface area is 227 Å². The molecule has 0 aromatic heterocycles. The smallest absolute Gasteiger partial charge is 0.278 e. The van der Waals surface area contributed by atoms with Gasteiger partial charge in [0, 0.05) is 44.2 Å². The van der Waals surface area contributed by atoms with Crippen LogP contribution in [0.3, 0.4) is 0 Å². The van der Waals surface area contributed by atoms with Crippen molar-refractivity contribution in [1.29, 1.82) is 0 Å². The van der Waals surface area contributed by atoms with E-state index in [1.165, 1.54) is 10.6 Å². The van der Waals surface area contributed by atoms with Crippen molar-refractivity contribution >= 4 is 27.7 Å². The number of piperazine rings is 1. The van der Waals surface area contributed by atoms with Crippen LogP contribution in [0.2, 0.25) is 0 Å². The largest absolute Gasteiger partial charge is 0.489 e. The minimum atomic E-state index is -3.16. The molecule has 0 radical (unpaired) electrons. The molecule has 2 fully saturated rings. The Morgan fingerprint density at radius 1 is 1.03 bits per heavy atom. The molecule has 11 nitrogen and oxygen atoms in total. The normalized spacial score (nSPS) is 21.5. The number of carbonyl (C=O) groups excluding carboxylic acids is 3. The van der Waals surface area contributed by atoms with Crippen molar-refractivity contribution in [2.24, 2.45) is 0 Å². The first-order chi connectivity index (χ1) is 18.6. The number of rotatable bonds is 8. The lowest BCUT2D eigenvalue weighted by molar-refractivity contribution is -0.183. The summed E-state index contributed by atoms with van der Waals surface area (Å²) < 4.78 is 31.2. The molecule has 12 heteroatoms. The summed E-state index contributed by atoms with van der Waals surface area (Å²) in [5.41, 5.74) is 3.25. The van der Waals surface area contributed by atoms with Crippen molar-refractivity contribution in [2.45, 2.75) is 45.1 Å². The SMILES string of the molecule is C[C@H](c1ccc(COc2cccc3c2CN(OC2CCC(=O)NC2=O)C3=O)cc1)N1CCN(S(C)(=O)=O)CC1. The number of hydroxylamine groups is 2. The molecular formula is C27H32N4O7S. The Bertz CT molecular complexity index is 1370. The number of sulfonamides is 1. The van der Waals surface area contributed by atoms with Gasteiger partial charge >= 0.3 is 0 Å². The van der Waals surface area contributed by atoms with Crippen LogP contribution < -0.4 is 10.1 Å². The van der Waals surface area contributed by atoms with Crippen molar-refractivity contribution in [1.82, 2.24) is 19.6 Å². The predicted octanol–water partition coefficient (Wildman–Crippen LogP) is 1.60. The number of piperidine rings is 1. The monoisotopic (exact) mass is 556 g/mol. The lowest BCUT2D eigenvalue weighted by atomic mass is 10.0. The molecule has 0 saturated carbocycles. The van der Waals surface area contributed by atoms with E-state index in [2.05, 4.69) is 29.3 Å². The molecule has 3 aliphatic rings. The van der Waals surface area contributed by atoms with Gasteiger partial charge in [0.2, 0.25) is 15.9 Å². The van der Waals surface area contributed by atoms with Gasteiger partial charge in [-0.2, -0.15) is 4.31 Å². The molecule has 3 amide bonds. The quantitative estimate of drug-likeness (QED) is 0.486. The van der Waals surface area contributed by atoms with E-state index in [4.69, 9.17) is 9.57 Å². The van der Waals surface area contributed by atoms with E-state index in [-0.39, 0.29) is 37.2 Å². The lowest BCUT2D eigenvalue weighted by Crippen LogP contribution is -2.48. The lowest BCUT2D eigenvalue weighted by Gasteiger charge is -2.37. The second-order valence-electron chi connectivity index (χ2n) is 10.1. The topological polar surface area (TPSA) is 126 Å². The van der Waals surface area contributed by atoms with Gasteiger partial charge < -0.3 is 4.74 Å². The number of carbonyl (C=O) groups is 3. The van der Waals surface area contributed by atoms with Crippen LogP contribution in [0.15, 0.2) is 42.5 Å². The summed E-state index contributed by atoms with van der Waals surface area (Å²) in [6.45, 7) is 4.92. The fraction of sp³-hybridized carbons (Fsp3) is 0.444. The first kappa shape index (κ1) is 27.3. The van der Waals surface area contributed by atoms with Crippen LogP contribution in [0, 0.1) is 0 Å². The fourth-order valence-corrected chi connectivity index (χ4v) is 5.94. The van der Waals surface area contributed by atoms with Crippen LogP contribution in [0.4, 0.5) is 0 Å². The van der Waals surface area contributed by atoms with E-state index in [0.717, 1.165) is 16.2 Å². The Balaban J connectivity index is 1.18. The molecule has 0 bridgehead atoms. The van der Waals surface area contributed by atoms with E-state index in [1.807, 2.05) is 12.1 Å². The Kier molecular flexibility index (Phi) is 7.72.